The average Bonchev–Trinajstić information content (AvgIpc) is 3.16. The minimum absolute atomic E-state index is 1.24. The van der Waals surface area contributed by atoms with Crippen molar-refractivity contribution in [3.05, 3.63) is 182 Å². The zero-order valence-electron chi connectivity index (χ0n) is 26.3. The van der Waals surface area contributed by atoms with Gasteiger partial charge in [-0.15, -0.1) is 0 Å². The van der Waals surface area contributed by atoms with E-state index in [-0.39, 0.29) is 0 Å². The van der Waals surface area contributed by atoms with Crippen LogP contribution in [0.3, 0.4) is 0 Å². The number of benzene rings is 10. The van der Waals surface area contributed by atoms with Crippen LogP contribution in [0.2, 0.25) is 0 Å². The van der Waals surface area contributed by atoms with Gasteiger partial charge in [0.25, 0.3) is 0 Å². The van der Waals surface area contributed by atoms with Gasteiger partial charge in [-0.2, -0.15) is 0 Å². The Kier molecular flexibility index (Phi) is 5.98. The van der Waals surface area contributed by atoms with Crippen LogP contribution in [-0.4, -0.2) is 0 Å². The molecule has 48 heavy (non-hydrogen) atoms. The smallest absolute Gasteiger partial charge is 0.00262 e. The van der Waals surface area contributed by atoms with Gasteiger partial charge >= 0.3 is 0 Å². The van der Waals surface area contributed by atoms with E-state index in [0.717, 1.165) is 0 Å². The lowest BCUT2D eigenvalue weighted by atomic mass is 9.85. The highest BCUT2D eigenvalue weighted by Gasteiger charge is 2.17. The molecule has 0 N–H and O–H groups in total. The second-order valence-corrected chi connectivity index (χ2v) is 12.9. The monoisotopic (exact) mass is 606 g/mol. The minimum atomic E-state index is 1.24. The summed E-state index contributed by atoms with van der Waals surface area (Å²) < 4.78 is 0. The van der Waals surface area contributed by atoms with Gasteiger partial charge in [0.05, 0.1) is 0 Å². The molecular formula is C48H30. The summed E-state index contributed by atoms with van der Waals surface area (Å²) in [6.45, 7) is 0. The summed E-state index contributed by atoms with van der Waals surface area (Å²) in [6.07, 6.45) is 0. The predicted octanol–water partition coefficient (Wildman–Crippen LogP) is 13.6. The van der Waals surface area contributed by atoms with Crippen LogP contribution >= 0.6 is 0 Å². The van der Waals surface area contributed by atoms with Crippen molar-refractivity contribution in [3.63, 3.8) is 0 Å². The molecular weight excluding hydrogens is 577 g/mol. The normalized spacial score (nSPS) is 11.8. The SMILES string of the molecule is c1ccc2cc(-c3c4ccccc4c(-c4ccc5cc(-c6cc7ccccc7c7ccccc67)ccc5c4)c4ccccc34)ccc2c1. The van der Waals surface area contributed by atoms with E-state index in [1.165, 1.54) is 98.0 Å². The minimum Gasteiger partial charge on any atom is -0.0616 e. The van der Waals surface area contributed by atoms with E-state index in [1.54, 1.807) is 0 Å². The molecule has 0 heterocycles. The molecule has 0 aliphatic heterocycles. The van der Waals surface area contributed by atoms with E-state index in [9.17, 15) is 0 Å². The lowest BCUT2D eigenvalue weighted by Gasteiger charge is -2.18. The lowest BCUT2D eigenvalue weighted by Crippen LogP contribution is -1.91. The number of fused-ring (bicyclic) bond motifs is 7. The van der Waals surface area contributed by atoms with Crippen molar-refractivity contribution in [3.8, 4) is 33.4 Å². The van der Waals surface area contributed by atoms with Gasteiger partial charge in [0.1, 0.15) is 0 Å². The van der Waals surface area contributed by atoms with Crippen LogP contribution in [0.15, 0.2) is 182 Å². The highest BCUT2D eigenvalue weighted by Crippen LogP contribution is 2.45. The molecule has 0 spiro atoms. The Labute approximate surface area is 279 Å². The van der Waals surface area contributed by atoms with Gasteiger partial charge in [-0.3, -0.25) is 0 Å². The summed E-state index contributed by atoms with van der Waals surface area (Å²) in [5.41, 5.74) is 7.59. The Hall–Kier alpha value is -6.24. The summed E-state index contributed by atoms with van der Waals surface area (Å²) in [4.78, 5) is 0. The molecule has 0 fully saturated rings. The van der Waals surface area contributed by atoms with Crippen molar-refractivity contribution < 1.29 is 0 Å². The Balaban J connectivity index is 1.17. The molecule has 0 nitrogen and oxygen atoms in total. The summed E-state index contributed by atoms with van der Waals surface area (Å²) >= 11 is 0. The largest absolute Gasteiger partial charge is 0.0616 e. The van der Waals surface area contributed by atoms with Gasteiger partial charge in [0, 0.05) is 0 Å². The Morgan fingerprint density at radius 2 is 0.583 bits per heavy atom. The fourth-order valence-corrected chi connectivity index (χ4v) is 7.96. The lowest BCUT2D eigenvalue weighted by molar-refractivity contribution is 1.67. The van der Waals surface area contributed by atoms with Gasteiger partial charge in [-0.1, -0.05) is 158 Å². The molecule has 0 saturated heterocycles. The van der Waals surface area contributed by atoms with Gasteiger partial charge in [-0.05, 0) is 122 Å². The molecule has 222 valence electrons. The molecule has 0 heteroatoms. The van der Waals surface area contributed by atoms with Gasteiger partial charge < -0.3 is 0 Å². The second-order valence-electron chi connectivity index (χ2n) is 12.9. The topological polar surface area (TPSA) is 0 Å². The third kappa shape index (κ3) is 4.16. The molecule has 0 amide bonds. The molecule has 10 rings (SSSR count). The van der Waals surface area contributed by atoms with Crippen LogP contribution in [0.25, 0.3) is 98.0 Å². The first-order chi connectivity index (χ1) is 23.8. The zero-order valence-corrected chi connectivity index (χ0v) is 26.3. The van der Waals surface area contributed by atoms with Crippen molar-refractivity contribution in [1.29, 1.82) is 0 Å². The second kappa shape index (κ2) is 10.7. The molecule has 0 aliphatic rings. The van der Waals surface area contributed by atoms with Crippen LogP contribution in [0.4, 0.5) is 0 Å². The van der Waals surface area contributed by atoms with Gasteiger partial charge in [0.15, 0.2) is 0 Å². The maximum atomic E-state index is 2.38. The molecule has 0 aromatic heterocycles. The van der Waals surface area contributed by atoms with Crippen molar-refractivity contribution in [2.45, 2.75) is 0 Å². The van der Waals surface area contributed by atoms with E-state index in [1.807, 2.05) is 0 Å². The van der Waals surface area contributed by atoms with Gasteiger partial charge in [-0.25, -0.2) is 0 Å². The maximum Gasteiger partial charge on any atom is -0.00262 e. The molecule has 0 aliphatic carbocycles. The third-order valence-electron chi connectivity index (χ3n) is 10.2. The standard InChI is InChI=1S/C48H30/c1-2-12-32-28-37(25-21-31(32)11-1)47-42-17-7-9-19-44(42)48(45-20-10-8-18-43(45)47)38-26-23-33-27-36(24-22-34(33)29-38)46-30-35-13-3-4-14-39(35)40-15-5-6-16-41(40)46/h1-30H. The van der Waals surface area contributed by atoms with Crippen molar-refractivity contribution >= 4 is 64.6 Å². The fourth-order valence-electron chi connectivity index (χ4n) is 7.96. The summed E-state index contributed by atoms with van der Waals surface area (Å²) in [5, 5.41) is 15.3. The van der Waals surface area contributed by atoms with Crippen molar-refractivity contribution in [2.24, 2.45) is 0 Å². The van der Waals surface area contributed by atoms with Crippen LogP contribution in [0.5, 0.6) is 0 Å². The summed E-state index contributed by atoms with van der Waals surface area (Å²) in [7, 11) is 0. The highest BCUT2D eigenvalue weighted by atomic mass is 14.2. The first kappa shape index (κ1) is 26.9. The Morgan fingerprint density at radius 3 is 1.17 bits per heavy atom. The number of hydrogen-bond acceptors (Lipinski definition) is 0. The molecule has 10 aromatic carbocycles. The number of rotatable bonds is 3. The van der Waals surface area contributed by atoms with Crippen LogP contribution in [-0.2, 0) is 0 Å². The van der Waals surface area contributed by atoms with E-state index < -0.39 is 0 Å². The first-order valence-electron chi connectivity index (χ1n) is 16.7. The third-order valence-corrected chi connectivity index (χ3v) is 10.2. The Morgan fingerprint density at radius 1 is 0.208 bits per heavy atom. The Bertz CT molecular complexity index is 2830. The average molecular weight is 607 g/mol. The molecule has 0 radical (unpaired) electrons. The van der Waals surface area contributed by atoms with Gasteiger partial charge in [0.2, 0.25) is 0 Å². The molecule has 0 atom stereocenters. The van der Waals surface area contributed by atoms with E-state index in [2.05, 4.69) is 182 Å². The van der Waals surface area contributed by atoms with E-state index in [0.29, 0.717) is 0 Å². The van der Waals surface area contributed by atoms with Crippen LogP contribution < -0.4 is 0 Å². The summed E-state index contributed by atoms with van der Waals surface area (Å²) in [6, 6.07) is 67.1. The molecule has 0 unspecified atom stereocenters. The zero-order chi connectivity index (χ0) is 31.6. The van der Waals surface area contributed by atoms with Crippen LogP contribution in [0.1, 0.15) is 0 Å². The quantitative estimate of drug-likeness (QED) is 0.139. The molecule has 0 bridgehead atoms. The van der Waals surface area contributed by atoms with E-state index >= 15 is 0 Å². The maximum absolute atomic E-state index is 2.38. The molecule has 10 aromatic rings. The predicted molar refractivity (Wildman–Crippen MR) is 208 cm³/mol. The molecule has 0 saturated carbocycles. The van der Waals surface area contributed by atoms with Crippen molar-refractivity contribution in [2.75, 3.05) is 0 Å². The van der Waals surface area contributed by atoms with E-state index in [4.69, 9.17) is 0 Å². The fraction of sp³-hybridized carbons (Fsp3) is 0. The summed E-state index contributed by atoms with van der Waals surface area (Å²) in [5.74, 6) is 0. The van der Waals surface area contributed by atoms with Crippen LogP contribution in [0, 0.1) is 0 Å². The highest BCUT2D eigenvalue weighted by molar-refractivity contribution is 6.22. The number of hydrogen-bond donors (Lipinski definition) is 0. The van der Waals surface area contributed by atoms with Crippen molar-refractivity contribution in [1.82, 2.24) is 0 Å². The first-order valence-corrected chi connectivity index (χ1v) is 16.7.